The van der Waals surface area contributed by atoms with Crippen LogP contribution < -0.4 is 5.32 Å². The van der Waals surface area contributed by atoms with E-state index in [-0.39, 0.29) is 5.82 Å². The summed E-state index contributed by atoms with van der Waals surface area (Å²) in [5.41, 5.74) is 2.36. The molecule has 0 radical (unpaired) electrons. The third-order valence-corrected chi connectivity index (χ3v) is 5.25. The summed E-state index contributed by atoms with van der Waals surface area (Å²) in [7, 11) is 0. The van der Waals surface area contributed by atoms with E-state index < -0.39 is 0 Å². The Morgan fingerprint density at radius 2 is 2.29 bits per heavy atom. The molecule has 1 N–H and O–H groups in total. The van der Waals surface area contributed by atoms with Gasteiger partial charge in [0, 0.05) is 17.0 Å². The topological polar surface area (TPSA) is 12.0 Å². The molecule has 0 amide bonds. The number of hydrogen-bond acceptors (Lipinski definition) is 2. The first-order chi connectivity index (χ1) is 8.15. The minimum Gasteiger partial charge on any atom is -0.309 e. The minimum absolute atomic E-state index is 0.159. The Balaban J connectivity index is 2.34. The first kappa shape index (κ1) is 13.4. The van der Waals surface area contributed by atoms with E-state index in [4.69, 9.17) is 0 Å². The highest BCUT2D eigenvalue weighted by molar-refractivity contribution is 9.10. The third-order valence-electron chi connectivity index (χ3n) is 3.14. The van der Waals surface area contributed by atoms with Crippen LogP contribution in [-0.4, -0.2) is 11.8 Å². The van der Waals surface area contributed by atoms with Crippen LogP contribution in [-0.2, 0) is 5.75 Å². The van der Waals surface area contributed by atoms with Gasteiger partial charge in [-0.1, -0.05) is 19.9 Å². The molecule has 17 heavy (non-hydrogen) atoms. The van der Waals surface area contributed by atoms with E-state index in [0.29, 0.717) is 15.8 Å². The van der Waals surface area contributed by atoms with Gasteiger partial charge in [0.05, 0.1) is 4.47 Å². The van der Waals surface area contributed by atoms with E-state index in [2.05, 4.69) is 35.1 Å². The smallest absolute Gasteiger partial charge is 0.137 e. The van der Waals surface area contributed by atoms with Gasteiger partial charge in [-0.3, -0.25) is 0 Å². The summed E-state index contributed by atoms with van der Waals surface area (Å²) in [6.45, 7) is 5.40. The highest BCUT2D eigenvalue weighted by Crippen LogP contribution is 2.41. The Morgan fingerprint density at radius 1 is 1.53 bits per heavy atom. The zero-order chi connectivity index (χ0) is 12.4. The molecule has 1 nitrogen and oxygen atoms in total. The monoisotopic (exact) mass is 317 g/mol. The van der Waals surface area contributed by atoms with Crippen molar-refractivity contribution in [1.82, 2.24) is 5.32 Å². The summed E-state index contributed by atoms with van der Waals surface area (Å²) < 4.78 is 14.1. The normalized spacial score (nSPS) is 23.5. The molecule has 4 heteroatoms. The second-order valence-electron chi connectivity index (χ2n) is 4.38. The lowest BCUT2D eigenvalue weighted by atomic mass is 9.98. The zero-order valence-corrected chi connectivity index (χ0v) is 12.5. The maximum absolute atomic E-state index is 13.5. The van der Waals surface area contributed by atoms with Crippen molar-refractivity contribution >= 4 is 27.7 Å². The Kier molecular flexibility index (Phi) is 4.50. The van der Waals surface area contributed by atoms with Crippen molar-refractivity contribution in [2.75, 3.05) is 6.54 Å². The molecule has 2 atom stereocenters. The lowest BCUT2D eigenvalue weighted by Gasteiger charge is -2.32. The van der Waals surface area contributed by atoms with E-state index in [1.807, 2.05) is 17.8 Å². The number of thioether (sulfide) groups is 1. The van der Waals surface area contributed by atoms with Crippen LogP contribution in [0.5, 0.6) is 0 Å². The molecule has 2 unspecified atom stereocenters. The maximum Gasteiger partial charge on any atom is 0.137 e. The van der Waals surface area contributed by atoms with E-state index in [0.717, 1.165) is 24.3 Å². The van der Waals surface area contributed by atoms with Gasteiger partial charge in [-0.05, 0) is 46.1 Å². The fourth-order valence-electron chi connectivity index (χ4n) is 2.19. The zero-order valence-electron chi connectivity index (χ0n) is 10.1. The Hall–Kier alpha value is -0.0600. The average molecular weight is 318 g/mol. The van der Waals surface area contributed by atoms with Gasteiger partial charge in [0.25, 0.3) is 0 Å². The molecule has 0 bridgehead atoms. The molecule has 94 valence electrons. The third kappa shape index (κ3) is 2.69. The van der Waals surface area contributed by atoms with Crippen LogP contribution in [0, 0.1) is 5.82 Å². The van der Waals surface area contributed by atoms with Crippen LogP contribution in [0.2, 0.25) is 0 Å². The van der Waals surface area contributed by atoms with Crippen molar-refractivity contribution in [3.05, 3.63) is 33.5 Å². The van der Waals surface area contributed by atoms with Gasteiger partial charge in [-0.15, -0.1) is 0 Å². The number of rotatable bonds is 3. The van der Waals surface area contributed by atoms with Crippen molar-refractivity contribution in [2.45, 2.75) is 37.3 Å². The molecular formula is C13H17BrFNS. The molecule has 0 aromatic heterocycles. The second kappa shape index (κ2) is 5.72. The van der Waals surface area contributed by atoms with Gasteiger partial charge >= 0.3 is 0 Å². The standard InChI is InChI=1S/C13H17BrFNS/c1-3-6-16-13-8(2)17-7-10-9(13)4-5-11(15)12(10)14/h4-5,8,13,16H,3,6-7H2,1-2H3. The number of hydrogen-bond donors (Lipinski definition) is 1. The highest BCUT2D eigenvalue weighted by Gasteiger charge is 2.28. The number of nitrogens with one attached hydrogen (secondary N) is 1. The first-order valence-corrected chi connectivity index (χ1v) is 7.81. The molecule has 1 aliphatic rings. The number of fused-ring (bicyclic) bond motifs is 1. The summed E-state index contributed by atoms with van der Waals surface area (Å²) >= 11 is 5.25. The molecule has 1 aromatic carbocycles. The first-order valence-electron chi connectivity index (χ1n) is 5.97. The fraction of sp³-hybridized carbons (Fsp3) is 0.538. The predicted molar refractivity (Wildman–Crippen MR) is 75.9 cm³/mol. The minimum atomic E-state index is -0.159. The molecule has 0 spiro atoms. The highest BCUT2D eigenvalue weighted by atomic mass is 79.9. The largest absolute Gasteiger partial charge is 0.309 e. The van der Waals surface area contributed by atoms with E-state index in [1.54, 1.807) is 6.07 Å². The van der Waals surface area contributed by atoms with Crippen LogP contribution in [0.1, 0.15) is 37.4 Å². The van der Waals surface area contributed by atoms with Crippen LogP contribution in [0.3, 0.4) is 0 Å². The quantitative estimate of drug-likeness (QED) is 0.893. The van der Waals surface area contributed by atoms with Gasteiger partial charge in [0.2, 0.25) is 0 Å². The summed E-state index contributed by atoms with van der Waals surface area (Å²) in [6.07, 6.45) is 1.12. The summed E-state index contributed by atoms with van der Waals surface area (Å²) in [6, 6.07) is 3.83. The summed E-state index contributed by atoms with van der Waals surface area (Å²) in [5, 5.41) is 4.09. The van der Waals surface area contributed by atoms with Crippen molar-refractivity contribution in [1.29, 1.82) is 0 Å². The van der Waals surface area contributed by atoms with Crippen molar-refractivity contribution in [3.8, 4) is 0 Å². The molecule has 1 aliphatic heterocycles. The number of benzene rings is 1. The molecule has 0 aliphatic carbocycles. The van der Waals surface area contributed by atoms with Crippen LogP contribution >= 0.6 is 27.7 Å². The Labute approximate surface area is 115 Å². The molecular weight excluding hydrogens is 301 g/mol. The lowest BCUT2D eigenvalue weighted by molar-refractivity contribution is 0.517. The summed E-state index contributed by atoms with van der Waals surface area (Å²) in [4.78, 5) is 0. The SMILES string of the molecule is CCCNC1c2ccc(F)c(Br)c2CSC1C. The van der Waals surface area contributed by atoms with Gasteiger partial charge in [0.1, 0.15) is 5.82 Å². The van der Waals surface area contributed by atoms with Gasteiger partial charge in [-0.25, -0.2) is 4.39 Å². The van der Waals surface area contributed by atoms with Crippen molar-refractivity contribution < 1.29 is 4.39 Å². The Morgan fingerprint density at radius 3 is 3.00 bits per heavy atom. The molecule has 1 heterocycles. The molecule has 0 saturated heterocycles. The van der Waals surface area contributed by atoms with Gasteiger partial charge in [-0.2, -0.15) is 11.8 Å². The average Bonchev–Trinajstić information content (AvgIpc) is 2.32. The molecule has 0 fully saturated rings. The molecule has 1 aromatic rings. The summed E-state index contributed by atoms with van der Waals surface area (Å²) in [5.74, 6) is 0.729. The van der Waals surface area contributed by atoms with Crippen LogP contribution in [0.25, 0.3) is 0 Å². The van der Waals surface area contributed by atoms with Crippen LogP contribution in [0.4, 0.5) is 4.39 Å². The van der Waals surface area contributed by atoms with Gasteiger partial charge < -0.3 is 5.32 Å². The fourth-order valence-corrected chi connectivity index (χ4v) is 4.05. The maximum atomic E-state index is 13.5. The van der Waals surface area contributed by atoms with Crippen LogP contribution in [0.15, 0.2) is 16.6 Å². The van der Waals surface area contributed by atoms with E-state index in [1.165, 1.54) is 5.56 Å². The predicted octanol–water partition coefficient (Wildman–Crippen LogP) is 4.26. The van der Waals surface area contributed by atoms with Crippen molar-refractivity contribution in [2.24, 2.45) is 0 Å². The van der Waals surface area contributed by atoms with Crippen molar-refractivity contribution in [3.63, 3.8) is 0 Å². The Bertz CT molecular complexity index is 411. The molecule has 0 saturated carbocycles. The van der Waals surface area contributed by atoms with Gasteiger partial charge in [0.15, 0.2) is 0 Å². The molecule has 2 rings (SSSR count). The number of halogens is 2. The second-order valence-corrected chi connectivity index (χ2v) is 6.54. The van der Waals surface area contributed by atoms with E-state index in [9.17, 15) is 4.39 Å². The van der Waals surface area contributed by atoms with E-state index >= 15 is 0 Å². The lowest BCUT2D eigenvalue weighted by Crippen LogP contribution is -2.32.